The van der Waals surface area contributed by atoms with Crippen molar-refractivity contribution >= 4 is 46.5 Å². The predicted molar refractivity (Wildman–Crippen MR) is 95.0 cm³/mol. The molecule has 0 bridgehead atoms. The van der Waals surface area contributed by atoms with Gasteiger partial charge in [-0.3, -0.25) is 9.59 Å². The number of anilines is 1. The van der Waals surface area contributed by atoms with E-state index in [0.29, 0.717) is 20.6 Å². The first kappa shape index (κ1) is 16.6. The van der Waals surface area contributed by atoms with E-state index in [1.165, 1.54) is 17.0 Å². The second-order valence-corrected chi connectivity index (χ2v) is 6.47. The van der Waals surface area contributed by atoms with Gasteiger partial charge >= 0.3 is 0 Å². The summed E-state index contributed by atoms with van der Waals surface area (Å²) in [5, 5.41) is 3.34. The van der Waals surface area contributed by atoms with Gasteiger partial charge in [-0.25, -0.2) is 4.98 Å². The molecule has 3 rings (SSSR count). The molecular formula is C15H10Cl2N4O2S. The summed E-state index contributed by atoms with van der Waals surface area (Å²) >= 11 is 12.9. The minimum Gasteiger partial charge on any atom is -0.314 e. The number of carbonyl (C=O) groups is 1. The highest BCUT2D eigenvalue weighted by atomic mass is 35.5. The van der Waals surface area contributed by atoms with Crippen molar-refractivity contribution in [1.82, 2.24) is 13.9 Å². The number of hydrogen-bond donors (Lipinski definition) is 1. The highest BCUT2D eigenvalue weighted by Gasteiger charge is 2.15. The van der Waals surface area contributed by atoms with Crippen LogP contribution in [0.2, 0.25) is 10.0 Å². The monoisotopic (exact) mass is 380 g/mol. The lowest BCUT2D eigenvalue weighted by Gasteiger charge is -2.03. The van der Waals surface area contributed by atoms with E-state index in [0.717, 1.165) is 17.1 Å². The van der Waals surface area contributed by atoms with Crippen LogP contribution < -0.4 is 10.9 Å². The molecule has 0 aliphatic rings. The van der Waals surface area contributed by atoms with Crippen LogP contribution in [0.3, 0.4) is 0 Å². The summed E-state index contributed by atoms with van der Waals surface area (Å²) in [6.45, 7) is 0. The molecule has 0 aliphatic carbocycles. The summed E-state index contributed by atoms with van der Waals surface area (Å²) in [5.74, 6) is -0.482. The smallest absolute Gasteiger partial charge is 0.293 e. The van der Waals surface area contributed by atoms with Crippen molar-refractivity contribution in [2.75, 3.05) is 5.32 Å². The third-order valence-electron chi connectivity index (χ3n) is 3.20. The number of aryl methyl sites for hydroxylation is 1. The van der Waals surface area contributed by atoms with Crippen molar-refractivity contribution in [3.05, 3.63) is 61.9 Å². The summed E-state index contributed by atoms with van der Waals surface area (Å²) in [4.78, 5) is 28.4. The molecule has 0 spiro atoms. The van der Waals surface area contributed by atoms with Gasteiger partial charge in [0.1, 0.15) is 4.88 Å². The van der Waals surface area contributed by atoms with Crippen molar-refractivity contribution in [2.45, 2.75) is 0 Å². The van der Waals surface area contributed by atoms with Crippen molar-refractivity contribution in [2.24, 2.45) is 7.05 Å². The molecular weight excluding hydrogens is 371 g/mol. The Hall–Kier alpha value is -2.22. The Kier molecular flexibility index (Phi) is 4.66. The van der Waals surface area contributed by atoms with Gasteiger partial charge in [0.2, 0.25) is 0 Å². The lowest BCUT2D eigenvalue weighted by molar-refractivity contribution is 0.103. The summed E-state index contributed by atoms with van der Waals surface area (Å²) in [6.07, 6.45) is 2.94. The number of nitrogens with zero attached hydrogens (tertiary/aromatic N) is 3. The van der Waals surface area contributed by atoms with E-state index < -0.39 is 5.91 Å². The predicted octanol–water partition coefficient (Wildman–Crippen LogP) is 3.46. The van der Waals surface area contributed by atoms with Crippen LogP contribution >= 0.6 is 34.7 Å². The van der Waals surface area contributed by atoms with Gasteiger partial charge in [0.25, 0.3) is 11.5 Å². The molecule has 1 aromatic carbocycles. The summed E-state index contributed by atoms with van der Waals surface area (Å²) < 4.78 is 5.57. The van der Waals surface area contributed by atoms with Crippen LogP contribution in [0, 0.1) is 0 Å². The molecule has 1 amide bonds. The second-order valence-electron chi connectivity index (χ2n) is 4.85. The minimum atomic E-state index is -0.449. The molecule has 0 saturated heterocycles. The molecule has 0 radical (unpaired) electrons. The molecule has 0 saturated carbocycles. The van der Waals surface area contributed by atoms with Crippen molar-refractivity contribution < 1.29 is 4.79 Å². The maximum absolute atomic E-state index is 12.3. The molecule has 3 aromatic rings. The third-order valence-corrected chi connectivity index (χ3v) is 4.73. The lowest BCUT2D eigenvalue weighted by atomic mass is 10.1. The maximum Gasteiger partial charge on any atom is 0.293 e. The first-order valence-corrected chi connectivity index (χ1v) is 8.24. The fourth-order valence-electron chi connectivity index (χ4n) is 1.93. The highest BCUT2D eigenvalue weighted by molar-refractivity contribution is 7.08. The molecule has 6 nitrogen and oxygen atoms in total. The number of carbonyl (C=O) groups excluding carboxylic acids is 1. The van der Waals surface area contributed by atoms with Crippen LogP contribution in [0.1, 0.15) is 9.67 Å². The molecule has 0 aliphatic heterocycles. The number of rotatable bonds is 3. The Morgan fingerprint density at radius 2 is 2.04 bits per heavy atom. The first-order valence-electron chi connectivity index (χ1n) is 6.71. The Labute approximate surface area is 150 Å². The van der Waals surface area contributed by atoms with Crippen LogP contribution in [0.5, 0.6) is 0 Å². The quantitative estimate of drug-likeness (QED) is 0.754. The average Bonchev–Trinajstić information content (AvgIpc) is 3.04. The standard InChI is InChI=1S/C15H10Cl2N4O2S/c1-21-5-4-18-13(15(21)23)19-14(22)12-7-11(20-24-12)8-2-3-9(16)10(17)6-8/h2-7H,1H3,(H,18,19,22). The summed E-state index contributed by atoms with van der Waals surface area (Å²) in [6, 6.07) is 6.72. The van der Waals surface area contributed by atoms with Crippen molar-refractivity contribution in [3.8, 4) is 11.3 Å². The van der Waals surface area contributed by atoms with E-state index in [4.69, 9.17) is 23.2 Å². The van der Waals surface area contributed by atoms with E-state index in [1.807, 2.05) is 0 Å². The van der Waals surface area contributed by atoms with Crippen LogP contribution in [0.4, 0.5) is 5.82 Å². The van der Waals surface area contributed by atoms with Gasteiger partial charge in [-0.15, -0.1) is 0 Å². The van der Waals surface area contributed by atoms with Gasteiger partial charge < -0.3 is 9.88 Å². The Bertz CT molecular complexity index is 984. The highest BCUT2D eigenvalue weighted by Crippen LogP contribution is 2.29. The number of benzene rings is 1. The van der Waals surface area contributed by atoms with Gasteiger partial charge in [0.15, 0.2) is 5.82 Å². The molecule has 1 N–H and O–H groups in total. The van der Waals surface area contributed by atoms with E-state index in [9.17, 15) is 9.59 Å². The Morgan fingerprint density at radius 3 is 2.79 bits per heavy atom. The molecule has 0 unspecified atom stereocenters. The number of aromatic nitrogens is 3. The SMILES string of the molecule is Cn1ccnc(NC(=O)c2cc(-c3ccc(Cl)c(Cl)c3)ns2)c1=O. The zero-order chi connectivity index (χ0) is 17.3. The first-order chi connectivity index (χ1) is 11.5. The van der Waals surface area contributed by atoms with Gasteiger partial charge in [0.05, 0.1) is 15.7 Å². The van der Waals surface area contributed by atoms with E-state index >= 15 is 0 Å². The number of amides is 1. The summed E-state index contributed by atoms with van der Waals surface area (Å²) in [7, 11) is 1.58. The van der Waals surface area contributed by atoms with Crippen LogP contribution in [-0.2, 0) is 7.05 Å². The normalized spacial score (nSPS) is 10.6. The van der Waals surface area contributed by atoms with E-state index in [2.05, 4.69) is 14.7 Å². The van der Waals surface area contributed by atoms with Gasteiger partial charge in [-0.2, -0.15) is 4.37 Å². The Balaban J connectivity index is 1.84. The van der Waals surface area contributed by atoms with Crippen molar-refractivity contribution in [1.29, 1.82) is 0 Å². The number of nitrogens with one attached hydrogen (secondary N) is 1. The van der Waals surface area contributed by atoms with E-state index in [-0.39, 0.29) is 11.4 Å². The van der Waals surface area contributed by atoms with Gasteiger partial charge in [0, 0.05) is 25.0 Å². The average molecular weight is 381 g/mol. The van der Waals surface area contributed by atoms with Gasteiger partial charge in [-0.05, 0) is 29.7 Å². The van der Waals surface area contributed by atoms with Gasteiger partial charge in [-0.1, -0.05) is 29.3 Å². The maximum atomic E-state index is 12.3. The summed E-state index contributed by atoms with van der Waals surface area (Å²) in [5.41, 5.74) is 0.950. The largest absolute Gasteiger partial charge is 0.314 e. The van der Waals surface area contributed by atoms with Crippen LogP contribution in [-0.4, -0.2) is 19.8 Å². The zero-order valence-corrected chi connectivity index (χ0v) is 14.6. The second kappa shape index (κ2) is 6.72. The van der Waals surface area contributed by atoms with Crippen LogP contribution in [0.25, 0.3) is 11.3 Å². The molecule has 0 atom stereocenters. The molecule has 0 fully saturated rings. The van der Waals surface area contributed by atoms with E-state index in [1.54, 1.807) is 31.3 Å². The molecule has 122 valence electrons. The Morgan fingerprint density at radius 1 is 1.25 bits per heavy atom. The van der Waals surface area contributed by atoms with Crippen LogP contribution in [0.15, 0.2) is 41.5 Å². The lowest BCUT2D eigenvalue weighted by Crippen LogP contribution is -2.24. The fraction of sp³-hybridized carbons (Fsp3) is 0.0667. The molecule has 2 aromatic heterocycles. The fourth-order valence-corrected chi connectivity index (χ4v) is 2.88. The molecule has 9 heteroatoms. The number of hydrogen-bond acceptors (Lipinski definition) is 5. The topological polar surface area (TPSA) is 76.9 Å². The van der Waals surface area contributed by atoms with Crippen molar-refractivity contribution in [3.63, 3.8) is 0 Å². The molecule has 2 heterocycles. The third kappa shape index (κ3) is 3.33. The molecule has 24 heavy (non-hydrogen) atoms. The number of halogens is 2. The minimum absolute atomic E-state index is 0.0329. The zero-order valence-electron chi connectivity index (χ0n) is 12.3.